The van der Waals surface area contributed by atoms with E-state index < -0.39 is 0 Å². The number of amides is 1. The van der Waals surface area contributed by atoms with E-state index in [0.29, 0.717) is 17.7 Å². The fraction of sp³-hybridized carbons (Fsp3) is 0.462. The van der Waals surface area contributed by atoms with Crippen molar-refractivity contribution < 1.29 is 4.79 Å². The number of piperidine rings is 1. The van der Waals surface area contributed by atoms with Gasteiger partial charge in [-0.15, -0.1) is 10.2 Å². The van der Waals surface area contributed by atoms with Crippen molar-refractivity contribution in [2.24, 2.45) is 5.92 Å². The third kappa shape index (κ3) is 4.56. The van der Waals surface area contributed by atoms with Crippen molar-refractivity contribution in [3.63, 3.8) is 0 Å². The molecule has 2 atom stereocenters. The molecule has 0 N–H and O–H groups in total. The van der Waals surface area contributed by atoms with Crippen LogP contribution >= 0.6 is 11.8 Å². The minimum absolute atomic E-state index is 0.233. The van der Waals surface area contributed by atoms with Crippen LogP contribution in [0.15, 0.2) is 47.9 Å². The number of fused-ring (bicyclic) bond motifs is 1. The van der Waals surface area contributed by atoms with Gasteiger partial charge >= 0.3 is 0 Å². The highest BCUT2D eigenvalue weighted by Gasteiger charge is 2.35. The van der Waals surface area contributed by atoms with Crippen LogP contribution in [0, 0.1) is 19.8 Å². The lowest BCUT2D eigenvalue weighted by atomic mass is 9.78. The summed E-state index contributed by atoms with van der Waals surface area (Å²) in [6.07, 6.45) is 10.9. The summed E-state index contributed by atoms with van der Waals surface area (Å²) in [6.45, 7) is 5.12. The van der Waals surface area contributed by atoms with Gasteiger partial charge in [-0.05, 0) is 80.8 Å². The fourth-order valence-corrected chi connectivity index (χ4v) is 6.13. The molecular weight excluding hydrogens is 430 g/mol. The van der Waals surface area contributed by atoms with Crippen LogP contribution in [0.5, 0.6) is 0 Å². The number of aromatic nitrogens is 4. The number of carbonyl (C=O) groups is 1. The van der Waals surface area contributed by atoms with E-state index in [1.165, 1.54) is 48.6 Å². The van der Waals surface area contributed by atoms with Crippen LogP contribution in [0.4, 0.5) is 0 Å². The van der Waals surface area contributed by atoms with E-state index in [9.17, 15) is 4.79 Å². The predicted molar refractivity (Wildman–Crippen MR) is 131 cm³/mol. The van der Waals surface area contributed by atoms with Crippen LogP contribution in [0.3, 0.4) is 0 Å². The molecule has 3 aromatic rings. The predicted octanol–water partition coefficient (Wildman–Crippen LogP) is 5.22. The van der Waals surface area contributed by atoms with Crippen LogP contribution in [-0.4, -0.2) is 48.9 Å². The maximum absolute atomic E-state index is 13.3. The van der Waals surface area contributed by atoms with Crippen molar-refractivity contribution in [2.45, 2.75) is 63.6 Å². The van der Waals surface area contributed by atoms with Crippen LogP contribution in [0.2, 0.25) is 0 Å². The molecule has 1 amide bonds. The number of thioether (sulfide) groups is 1. The lowest BCUT2D eigenvalue weighted by molar-refractivity contribution is -0.134. The zero-order chi connectivity index (χ0) is 22.8. The van der Waals surface area contributed by atoms with Gasteiger partial charge in [-0.1, -0.05) is 30.7 Å². The molecule has 0 unspecified atom stereocenters. The third-order valence-corrected chi connectivity index (χ3v) is 8.12. The Labute approximate surface area is 199 Å². The van der Waals surface area contributed by atoms with Gasteiger partial charge in [-0.3, -0.25) is 14.3 Å². The number of rotatable bonds is 5. The van der Waals surface area contributed by atoms with Crippen molar-refractivity contribution in [3.05, 3.63) is 53.9 Å². The van der Waals surface area contributed by atoms with Crippen LogP contribution in [0.25, 0.3) is 17.1 Å². The summed E-state index contributed by atoms with van der Waals surface area (Å²) >= 11 is 1.49. The van der Waals surface area contributed by atoms with Crippen LogP contribution < -0.4 is 0 Å². The largest absolute Gasteiger partial charge is 0.339 e. The molecule has 1 saturated heterocycles. The first kappa shape index (κ1) is 22.1. The summed E-state index contributed by atoms with van der Waals surface area (Å²) < 4.78 is 2.07. The number of nitrogens with zero attached hydrogens (tertiary/aromatic N) is 5. The van der Waals surface area contributed by atoms with Crippen LogP contribution in [0.1, 0.15) is 49.7 Å². The topological polar surface area (TPSA) is 63.9 Å². The average molecular weight is 462 g/mol. The Bertz CT molecular complexity index is 1130. The molecule has 0 radical (unpaired) electrons. The first-order chi connectivity index (χ1) is 16.1. The Morgan fingerprint density at radius 1 is 1.00 bits per heavy atom. The molecule has 7 heteroatoms. The minimum atomic E-state index is 0.233. The van der Waals surface area contributed by atoms with E-state index in [2.05, 4.69) is 56.7 Å². The number of carbonyl (C=O) groups excluding carboxylic acids is 1. The molecule has 172 valence electrons. The second-order valence-corrected chi connectivity index (χ2v) is 10.2. The number of benzene rings is 1. The van der Waals surface area contributed by atoms with E-state index in [4.69, 9.17) is 0 Å². The van der Waals surface area contributed by atoms with E-state index >= 15 is 0 Å². The van der Waals surface area contributed by atoms with Gasteiger partial charge in [-0.2, -0.15) is 0 Å². The van der Waals surface area contributed by atoms with Crippen molar-refractivity contribution in [1.82, 2.24) is 24.6 Å². The Morgan fingerprint density at radius 3 is 2.61 bits per heavy atom. The van der Waals surface area contributed by atoms with Gasteiger partial charge in [0.2, 0.25) is 5.91 Å². The van der Waals surface area contributed by atoms with Gasteiger partial charge < -0.3 is 4.90 Å². The summed E-state index contributed by atoms with van der Waals surface area (Å²) in [5.74, 6) is 2.08. The lowest BCUT2D eigenvalue weighted by Gasteiger charge is -2.44. The molecule has 2 aliphatic rings. The van der Waals surface area contributed by atoms with Gasteiger partial charge in [0.05, 0.1) is 11.4 Å². The molecule has 1 saturated carbocycles. The van der Waals surface area contributed by atoms with E-state index in [1.807, 2.05) is 12.1 Å². The SMILES string of the molecule is Cc1ccc(-n2c(SCC(=O)N3CCC[C@H]4CCCC[C@@H]43)nnc2-c2ccncc2)cc1C. The molecular formula is C26H31N5OS. The normalized spacial score (nSPS) is 20.5. The number of hydrogen-bond acceptors (Lipinski definition) is 5. The Kier molecular flexibility index (Phi) is 6.49. The summed E-state index contributed by atoms with van der Waals surface area (Å²) in [5.41, 5.74) is 4.42. The highest BCUT2D eigenvalue weighted by atomic mass is 32.2. The molecule has 5 rings (SSSR count). The molecule has 0 bridgehead atoms. The van der Waals surface area contributed by atoms with Gasteiger partial charge in [0.15, 0.2) is 11.0 Å². The maximum Gasteiger partial charge on any atom is 0.233 e. The third-order valence-electron chi connectivity index (χ3n) is 7.21. The van der Waals surface area contributed by atoms with Crippen molar-refractivity contribution in [1.29, 1.82) is 0 Å². The Hall–Kier alpha value is -2.67. The summed E-state index contributed by atoms with van der Waals surface area (Å²) in [7, 11) is 0. The molecule has 33 heavy (non-hydrogen) atoms. The maximum atomic E-state index is 13.3. The lowest BCUT2D eigenvalue weighted by Crippen LogP contribution is -2.50. The first-order valence-electron chi connectivity index (χ1n) is 12.0. The molecule has 3 heterocycles. The van der Waals surface area contributed by atoms with Gasteiger partial charge in [0, 0.05) is 30.5 Å². The number of hydrogen-bond donors (Lipinski definition) is 0. The summed E-state index contributed by atoms with van der Waals surface area (Å²) in [5, 5.41) is 9.76. The minimum Gasteiger partial charge on any atom is -0.339 e. The van der Waals surface area contributed by atoms with Crippen LogP contribution in [-0.2, 0) is 4.79 Å². The number of aryl methyl sites for hydroxylation is 2. The van der Waals surface area contributed by atoms with E-state index in [-0.39, 0.29) is 5.91 Å². The van der Waals surface area contributed by atoms with Crippen molar-refractivity contribution in [3.8, 4) is 17.1 Å². The summed E-state index contributed by atoms with van der Waals surface area (Å²) in [6, 6.07) is 10.7. The van der Waals surface area contributed by atoms with Gasteiger partial charge in [-0.25, -0.2) is 0 Å². The second-order valence-electron chi connectivity index (χ2n) is 9.28. The molecule has 1 aliphatic heterocycles. The highest BCUT2D eigenvalue weighted by molar-refractivity contribution is 7.99. The summed E-state index contributed by atoms with van der Waals surface area (Å²) in [4.78, 5) is 19.6. The van der Waals surface area contributed by atoms with E-state index in [1.54, 1.807) is 12.4 Å². The zero-order valence-corrected chi connectivity index (χ0v) is 20.2. The van der Waals surface area contributed by atoms with E-state index in [0.717, 1.165) is 41.6 Å². The molecule has 1 aromatic carbocycles. The quantitative estimate of drug-likeness (QED) is 0.488. The molecule has 0 spiro atoms. The second kappa shape index (κ2) is 9.67. The van der Waals surface area contributed by atoms with Gasteiger partial charge in [0.1, 0.15) is 0 Å². The monoisotopic (exact) mass is 461 g/mol. The molecule has 1 aliphatic carbocycles. The standard InChI is InChI=1S/C26H31N5OS/c1-18-9-10-22(16-19(18)2)31-25(21-11-13-27-14-12-21)28-29-26(31)33-17-24(32)30-15-5-7-20-6-3-4-8-23(20)30/h9-14,16,20,23H,3-8,15,17H2,1-2H3/t20-,23+/m1/s1. The first-order valence-corrected chi connectivity index (χ1v) is 13.0. The van der Waals surface area contributed by atoms with Gasteiger partial charge in [0.25, 0.3) is 0 Å². The Balaban J connectivity index is 1.41. The number of pyridine rings is 1. The van der Waals surface area contributed by atoms with Crippen molar-refractivity contribution >= 4 is 17.7 Å². The Morgan fingerprint density at radius 2 is 1.79 bits per heavy atom. The molecule has 2 aromatic heterocycles. The molecule has 2 fully saturated rings. The molecule has 6 nitrogen and oxygen atoms in total. The zero-order valence-electron chi connectivity index (χ0n) is 19.4. The smallest absolute Gasteiger partial charge is 0.233 e. The fourth-order valence-electron chi connectivity index (χ4n) is 5.29. The average Bonchev–Trinajstić information content (AvgIpc) is 3.28. The number of likely N-dealkylation sites (tertiary alicyclic amines) is 1. The van der Waals surface area contributed by atoms with Crippen molar-refractivity contribution in [2.75, 3.05) is 12.3 Å². The highest BCUT2D eigenvalue weighted by Crippen LogP contribution is 2.36.